The van der Waals surface area contributed by atoms with E-state index in [1.807, 2.05) is 13.8 Å². The zero-order chi connectivity index (χ0) is 26.1. The first-order chi connectivity index (χ1) is 15.8. The van der Waals surface area contributed by atoms with Crippen molar-refractivity contribution in [3.05, 3.63) is 17.5 Å². The number of aryl methyl sites for hydroxylation is 1. The first-order valence-electron chi connectivity index (χ1n) is 11.2. The van der Waals surface area contributed by atoms with Gasteiger partial charge in [-0.25, -0.2) is 0 Å². The van der Waals surface area contributed by atoms with Crippen molar-refractivity contribution in [2.24, 2.45) is 11.8 Å². The lowest BCUT2D eigenvalue weighted by molar-refractivity contribution is -0.131. The summed E-state index contributed by atoms with van der Waals surface area (Å²) in [7, 11) is 3.25. The first kappa shape index (κ1) is 29.2. The highest BCUT2D eigenvalue weighted by Crippen LogP contribution is 2.29. The fraction of sp³-hybridized carbons (Fsp3) is 0.696. The molecule has 1 aromatic rings. The largest absolute Gasteiger partial charge is 0.388 e. The van der Waals surface area contributed by atoms with E-state index in [1.165, 1.54) is 6.07 Å². The summed E-state index contributed by atoms with van der Waals surface area (Å²) in [5.41, 5.74) is -0.776. The van der Waals surface area contributed by atoms with Crippen molar-refractivity contribution in [1.82, 2.24) is 21.1 Å². The van der Waals surface area contributed by atoms with Crippen LogP contribution in [0.2, 0.25) is 0 Å². The van der Waals surface area contributed by atoms with Gasteiger partial charge < -0.3 is 29.9 Å². The van der Waals surface area contributed by atoms with Gasteiger partial charge >= 0.3 is 0 Å². The number of ketones is 1. The number of epoxide rings is 1. The number of Topliss-reactive ketones (excluding diaryl/α,β-unsaturated/α-hetero) is 1. The van der Waals surface area contributed by atoms with Gasteiger partial charge in [0.15, 0.2) is 11.5 Å². The van der Waals surface area contributed by atoms with Crippen LogP contribution >= 0.6 is 0 Å². The summed E-state index contributed by atoms with van der Waals surface area (Å²) in [6.07, 6.45) is 0.471. The maximum atomic E-state index is 12.6. The lowest BCUT2D eigenvalue weighted by Crippen LogP contribution is -2.53. The quantitative estimate of drug-likeness (QED) is 0.395. The Kier molecular flexibility index (Phi) is 11.3. The van der Waals surface area contributed by atoms with Crippen LogP contribution in [0.4, 0.5) is 0 Å². The van der Waals surface area contributed by atoms with Crippen LogP contribution in [0.25, 0.3) is 0 Å². The van der Waals surface area contributed by atoms with Crippen LogP contribution in [0.15, 0.2) is 10.6 Å². The zero-order valence-corrected chi connectivity index (χ0v) is 21.3. The third-order valence-corrected chi connectivity index (χ3v) is 4.98. The van der Waals surface area contributed by atoms with Crippen LogP contribution in [-0.4, -0.2) is 73.7 Å². The highest BCUT2D eigenvalue weighted by atomic mass is 16.6. The van der Waals surface area contributed by atoms with E-state index in [1.54, 1.807) is 41.9 Å². The molecule has 2 heterocycles. The lowest BCUT2D eigenvalue weighted by Gasteiger charge is -2.23. The molecule has 2 rings (SSSR count). The van der Waals surface area contributed by atoms with E-state index in [2.05, 4.69) is 25.8 Å². The summed E-state index contributed by atoms with van der Waals surface area (Å²) in [4.78, 5) is 49.9. The van der Waals surface area contributed by atoms with Gasteiger partial charge in [0.25, 0.3) is 5.91 Å². The summed E-state index contributed by atoms with van der Waals surface area (Å²) in [5, 5.41) is 11.5. The van der Waals surface area contributed by atoms with Crippen LogP contribution < -0.4 is 16.0 Å². The molecule has 1 fully saturated rings. The molecule has 0 radical (unpaired) electrons. The second kappa shape index (κ2) is 13.2. The van der Waals surface area contributed by atoms with Crippen molar-refractivity contribution < 1.29 is 33.2 Å². The van der Waals surface area contributed by atoms with E-state index in [4.69, 9.17) is 9.26 Å². The highest BCUT2D eigenvalue weighted by molar-refractivity contribution is 5.98. The molecule has 1 aliphatic heterocycles. The molecule has 192 valence electrons. The van der Waals surface area contributed by atoms with Gasteiger partial charge in [0.2, 0.25) is 11.8 Å². The fourth-order valence-electron chi connectivity index (χ4n) is 3.07. The van der Waals surface area contributed by atoms with Gasteiger partial charge in [0.05, 0.1) is 19.2 Å². The average molecular weight is 483 g/mol. The Morgan fingerprint density at radius 3 is 2.18 bits per heavy atom. The topological polar surface area (TPSA) is 152 Å². The van der Waals surface area contributed by atoms with Gasteiger partial charge in [-0.3, -0.25) is 19.2 Å². The molecular weight excluding hydrogens is 444 g/mol. The van der Waals surface area contributed by atoms with Crippen molar-refractivity contribution >= 4 is 23.5 Å². The number of carbonyl (C=O) groups excluding carboxylic acids is 4. The molecular formula is C23H38N4O7. The minimum atomic E-state index is -0.871. The van der Waals surface area contributed by atoms with Crippen molar-refractivity contribution in [3.63, 3.8) is 0 Å². The van der Waals surface area contributed by atoms with E-state index < -0.39 is 35.4 Å². The van der Waals surface area contributed by atoms with Crippen LogP contribution in [0, 0.1) is 18.8 Å². The normalized spacial score (nSPS) is 18.4. The number of methoxy groups -OCH3 is 1. The summed E-state index contributed by atoms with van der Waals surface area (Å²) < 4.78 is 14.3. The average Bonchev–Trinajstić information content (AvgIpc) is 3.35. The monoisotopic (exact) mass is 482 g/mol. The molecule has 11 nitrogen and oxygen atoms in total. The molecule has 11 heteroatoms. The third-order valence-electron chi connectivity index (χ3n) is 4.98. The molecule has 1 aromatic heterocycles. The number of rotatable bonds is 11. The molecule has 1 aliphatic rings. The molecule has 0 aromatic carbocycles. The molecule has 34 heavy (non-hydrogen) atoms. The molecule has 3 N–H and O–H groups in total. The number of hydrogen-bond donors (Lipinski definition) is 3. The second-order valence-electron chi connectivity index (χ2n) is 9.28. The number of nitrogens with one attached hydrogen (secondary N) is 3. The van der Waals surface area contributed by atoms with E-state index in [9.17, 15) is 19.2 Å². The van der Waals surface area contributed by atoms with Crippen LogP contribution in [0.3, 0.4) is 0 Å². The third kappa shape index (κ3) is 9.22. The number of ether oxygens (including phenoxy) is 2. The number of aromatic nitrogens is 1. The number of carbonyl (C=O) groups is 4. The molecule has 3 atom stereocenters. The van der Waals surface area contributed by atoms with E-state index in [-0.39, 0.29) is 29.9 Å². The van der Waals surface area contributed by atoms with Crippen molar-refractivity contribution in [2.75, 3.05) is 27.4 Å². The maximum Gasteiger partial charge on any atom is 0.274 e. The van der Waals surface area contributed by atoms with Crippen molar-refractivity contribution in [2.45, 2.75) is 65.6 Å². The van der Waals surface area contributed by atoms with Gasteiger partial charge in [-0.05, 0) is 32.1 Å². The van der Waals surface area contributed by atoms with E-state index in [0.717, 1.165) is 0 Å². The Balaban J connectivity index is 0.00000182. The minimum absolute atomic E-state index is 0.0690. The summed E-state index contributed by atoms with van der Waals surface area (Å²) in [5.74, 6) is -1.29. The maximum absolute atomic E-state index is 12.6. The Bertz CT molecular complexity index is 846. The van der Waals surface area contributed by atoms with Gasteiger partial charge in [0, 0.05) is 20.3 Å². The first-order valence-corrected chi connectivity index (χ1v) is 11.2. The summed E-state index contributed by atoms with van der Waals surface area (Å²) in [6.45, 7) is 10.8. The molecule has 0 bridgehead atoms. The molecule has 1 unspecified atom stereocenters. The molecule has 0 spiro atoms. The predicted octanol–water partition coefficient (Wildman–Crippen LogP) is 1.01. The van der Waals surface area contributed by atoms with Gasteiger partial charge in [-0.1, -0.05) is 32.9 Å². The molecule has 3 amide bonds. The number of nitrogens with zero attached hydrogens (tertiary/aromatic N) is 1. The van der Waals surface area contributed by atoms with E-state index >= 15 is 0 Å². The van der Waals surface area contributed by atoms with Crippen LogP contribution in [-0.2, 0) is 23.9 Å². The Labute approximate surface area is 200 Å². The predicted molar refractivity (Wildman–Crippen MR) is 124 cm³/mol. The molecule has 1 saturated heterocycles. The van der Waals surface area contributed by atoms with Crippen molar-refractivity contribution in [3.8, 4) is 0 Å². The van der Waals surface area contributed by atoms with Gasteiger partial charge in [0.1, 0.15) is 17.4 Å². The highest BCUT2D eigenvalue weighted by Gasteiger charge is 2.50. The standard InChI is InChI=1S/C21H32N4O6.C2H6O/c1-11(2)7-14(18(27)21(6)10-30-21)23-16(26)9-22-20(29)17(12(3)4)24-19(28)15-8-13(5)31-25-15;1-3-2/h8,11-12,14,17H,7,9-10H2,1-6H3,(H,22,29)(H,23,26)(H,24,28);1-2H3/t14-,17?,21+;/m0./s1. The zero-order valence-electron chi connectivity index (χ0n) is 21.3. The smallest absolute Gasteiger partial charge is 0.274 e. The summed E-state index contributed by atoms with van der Waals surface area (Å²) in [6, 6.07) is -0.0920. The van der Waals surface area contributed by atoms with Crippen LogP contribution in [0.1, 0.15) is 57.3 Å². The number of amides is 3. The Morgan fingerprint density at radius 1 is 1.15 bits per heavy atom. The lowest BCUT2D eigenvalue weighted by atomic mass is 9.93. The fourth-order valence-corrected chi connectivity index (χ4v) is 3.07. The SMILES string of the molecule is COC.Cc1cc(C(=O)NC(C(=O)NCC(=O)N[C@@H](CC(C)C)C(=O)[C@@]2(C)CO2)C(C)C)no1. The van der Waals surface area contributed by atoms with Crippen molar-refractivity contribution in [1.29, 1.82) is 0 Å². The minimum Gasteiger partial charge on any atom is -0.388 e. The molecule has 0 aliphatic carbocycles. The van der Waals surface area contributed by atoms with Gasteiger partial charge in [-0.2, -0.15) is 0 Å². The Morgan fingerprint density at radius 2 is 1.74 bits per heavy atom. The van der Waals surface area contributed by atoms with E-state index in [0.29, 0.717) is 18.8 Å². The second-order valence-corrected chi connectivity index (χ2v) is 9.28. The van der Waals surface area contributed by atoms with Crippen LogP contribution in [0.5, 0.6) is 0 Å². The number of hydrogen-bond acceptors (Lipinski definition) is 8. The Hall–Kier alpha value is -2.79. The summed E-state index contributed by atoms with van der Waals surface area (Å²) >= 11 is 0. The molecule has 0 saturated carbocycles. The van der Waals surface area contributed by atoms with Gasteiger partial charge in [-0.15, -0.1) is 0 Å².